The summed E-state index contributed by atoms with van der Waals surface area (Å²) in [6, 6.07) is 0. The van der Waals surface area contributed by atoms with Gasteiger partial charge in [0, 0.05) is 6.54 Å². The number of rotatable bonds is 5. The lowest BCUT2D eigenvalue weighted by molar-refractivity contribution is -0.125. The molecule has 0 spiro atoms. The molecule has 0 atom stereocenters. The summed E-state index contributed by atoms with van der Waals surface area (Å²) in [6.07, 6.45) is 1.10. The van der Waals surface area contributed by atoms with Crippen LogP contribution in [-0.4, -0.2) is 19.0 Å². The van der Waals surface area contributed by atoms with Crippen LogP contribution in [-0.2, 0) is 4.79 Å². The van der Waals surface area contributed by atoms with Crippen LogP contribution < -0.4 is 11.1 Å². The molecule has 3 heteroatoms. The number of amides is 1. The summed E-state index contributed by atoms with van der Waals surface area (Å²) in [7, 11) is 0. The van der Waals surface area contributed by atoms with Gasteiger partial charge in [-0.1, -0.05) is 20.8 Å². The third kappa shape index (κ3) is 5.97. The second-order valence-corrected chi connectivity index (χ2v) is 5.74. The van der Waals surface area contributed by atoms with Gasteiger partial charge in [0.15, 0.2) is 0 Å². The monoisotopic (exact) mass is 200 g/mol. The van der Waals surface area contributed by atoms with E-state index in [0.717, 1.165) is 13.0 Å². The number of nitrogens with one attached hydrogen (secondary N) is 1. The molecule has 84 valence electrons. The van der Waals surface area contributed by atoms with E-state index < -0.39 is 5.41 Å². The second-order valence-electron chi connectivity index (χ2n) is 5.74. The lowest BCUT2D eigenvalue weighted by atomic mass is 9.90. The predicted molar refractivity (Wildman–Crippen MR) is 59.9 cm³/mol. The molecule has 0 aromatic rings. The molecule has 0 aliphatic heterocycles. The Morgan fingerprint density at radius 2 is 1.71 bits per heavy atom. The van der Waals surface area contributed by atoms with Crippen LogP contribution in [0.5, 0.6) is 0 Å². The second kappa shape index (κ2) is 4.78. The molecule has 0 aliphatic carbocycles. The Kier molecular flexibility index (Phi) is 4.59. The molecular formula is C11H24N2O. The fraction of sp³-hybridized carbons (Fsp3) is 0.909. The minimum atomic E-state index is -0.447. The van der Waals surface area contributed by atoms with Gasteiger partial charge in [-0.05, 0) is 32.2 Å². The van der Waals surface area contributed by atoms with E-state index in [1.165, 1.54) is 0 Å². The summed E-state index contributed by atoms with van der Waals surface area (Å²) in [5.41, 5.74) is 5.15. The molecule has 0 aromatic heterocycles. The van der Waals surface area contributed by atoms with Gasteiger partial charge in [0.25, 0.3) is 0 Å². The molecule has 0 heterocycles. The maximum absolute atomic E-state index is 11.0. The molecule has 0 aliphatic rings. The van der Waals surface area contributed by atoms with Gasteiger partial charge in [-0.15, -0.1) is 0 Å². The Morgan fingerprint density at radius 1 is 1.21 bits per heavy atom. The van der Waals surface area contributed by atoms with Crippen molar-refractivity contribution in [2.45, 2.75) is 41.0 Å². The minimum absolute atomic E-state index is 0.249. The van der Waals surface area contributed by atoms with Gasteiger partial charge in [-0.3, -0.25) is 4.79 Å². The van der Waals surface area contributed by atoms with Crippen molar-refractivity contribution in [1.82, 2.24) is 5.32 Å². The first-order valence-corrected chi connectivity index (χ1v) is 5.16. The van der Waals surface area contributed by atoms with E-state index in [9.17, 15) is 4.79 Å². The van der Waals surface area contributed by atoms with Crippen molar-refractivity contribution in [3.05, 3.63) is 0 Å². The Labute approximate surface area is 87.4 Å². The van der Waals surface area contributed by atoms with E-state index in [2.05, 4.69) is 26.1 Å². The van der Waals surface area contributed by atoms with Crippen LogP contribution in [0.1, 0.15) is 41.0 Å². The normalized spacial score (nSPS) is 12.9. The summed E-state index contributed by atoms with van der Waals surface area (Å²) in [5.74, 6) is -0.249. The standard InChI is InChI=1S/C11H24N2O/c1-10(2,3)6-7-13-8-11(4,5)9(12)14/h13H,6-8H2,1-5H3,(H2,12,14). The van der Waals surface area contributed by atoms with Crippen LogP contribution >= 0.6 is 0 Å². The highest BCUT2D eigenvalue weighted by Gasteiger charge is 2.24. The molecule has 0 fully saturated rings. The topological polar surface area (TPSA) is 55.1 Å². The van der Waals surface area contributed by atoms with Gasteiger partial charge in [0.1, 0.15) is 0 Å². The van der Waals surface area contributed by atoms with Gasteiger partial charge in [-0.2, -0.15) is 0 Å². The molecule has 0 bridgehead atoms. The largest absolute Gasteiger partial charge is 0.369 e. The first-order valence-electron chi connectivity index (χ1n) is 5.16. The van der Waals surface area contributed by atoms with Crippen LogP contribution in [0.3, 0.4) is 0 Å². The summed E-state index contributed by atoms with van der Waals surface area (Å²) in [6.45, 7) is 11.9. The smallest absolute Gasteiger partial charge is 0.224 e. The van der Waals surface area contributed by atoms with Crippen LogP contribution in [0.4, 0.5) is 0 Å². The van der Waals surface area contributed by atoms with E-state index in [-0.39, 0.29) is 5.91 Å². The quantitative estimate of drug-likeness (QED) is 0.661. The van der Waals surface area contributed by atoms with Gasteiger partial charge in [0.05, 0.1) is 5.41 Å². The first kappa shape index (κ1) is 13.4. The molecule has 3 nitrogen and oxygen atoms in total. The zero-order valence-electron chi connectivity index (χ0n) is 10.1. The van der Waals surface area contributed by atoms with E-state index in [1.807, 2.05) is 13.8 Å². The summed E-state index contributed by atoms with van der Waals surface area (Å²) in [5, 5.41) is 3.26. The third-order valence-corrected chi connectivity index (χ3v) is 2.29. The highest BCUT2D eigenvalue weighted by molar-refractivity contribution is 5.80. The maximum Gasteiger partial charge on any atom is 0.224 e. The number of carbonyl (C=O) groups is 1. The van der Waals surface area contributed by atoms with E-state index >= 15 is 0 Å². The lowest BCUT2D eigenvalue weighted by Crippen LogP contribution is -2.41. The van der Waals surface area contributed by atoms with Gasteiger partial charge >= 0.3 is 0 Å². The number of hydrogen-bond donors (Lipinski definition) is 2. The van der Waals surface area contributed by atoms with E-state index in [4.69, 9.17) is 5.73 Å². The van der Waals surface area contributed by atoms with Crippen LogP contribution in [0.2, 0.25) is 0 Å². The molecular weight excluding hydrogens is 176 g/mol. The fourth-order valence-corrected chi connectivity index (χ4v) is 0.951. The van der Waals surface area contributed by atoms with Crippen LogP contribution in [0.25, 0.3) is 0 Å². The van der Waals surface area contributed by atoms with Crippen molar-refractivity contribution in [2.75, 3.05) is 13.1 Å². The Morgan fingerprint density at radius 3 is 2.07 bits per heavy atom. The molecule has 3 N–H and O–H groups in total. The highest BCUT2D eigenvalue weighted by atomic mass is 16.1. The molecule has 0 aromatic carbocycles. The number of carbonyl (C=O) groups excluding carboxylic acids is 1. The van der Waals surface area contributed by atoms with Gasteiger partial charge in [0.2, 0.25) is 5.91 Å². The number of nitrogens with two attached hydrogens (primary N) is 1. The molecule has 0 unspecified atom stereocenters. The van der Waals surface area contributed by atoms with Crippen molar-refractivity contribution in [2.24, 2.45) is 16.6 Å². The number of primary amides is 1. The van der Waals surface area contributed by atoms with Crippen molar-refractivity contribution in [1.29, 1.82) is 0 Å². The van der Waals surface area contributed by atoms with Crippen LogP contribution in [0.15, 0.2) is 0 Å². The SMILES string of the molecule is CC(C)(C)CCNCC(C)(C)C(N)=O. The van der Waals surface area contributed by atoms with Crippen molar-refractivity contribution in [3.63, 3.8) is 0 Å². The molecule has 14 heavy (non-hydrogen) atoms. The van der Waals surface area contributed by atoms with Gasteiger partial charge < -0.3 is 11.1 Å². The Balaban J connectivity index is 3.70. The zero-order chi connectivity index (χ0) is 11.4. The van der Waals surface area contributed by atoms with E-state index in [1.54, 1.807) is 0 Å². The Hall–Kier alpha value is -0.570. The average molecular weight is 200 g/mol. The van der Waals surface area contributed by atoms with Crippen molar-refractivity contribution < 1.29 is 4.79 Å². The zero-order valence-corrected chi connectivity index (χ0v) is 10.1. The van der Waals surface area contributed by atoms with E-state index in [0.29, 0.717) is 12.0 Å². The maximum atomic E-state index is 11.0. The summed E-state index contributed by atoms with van der Waals surface area (Å²) in [4.78, 5) is 11.0. The predicted octanol–water partition coefficient (Wildman–Crippen LogP) is 1.52. The van der Waals surface area contributed by atoms with Crippen LogP contribution in [0, 0.1) is 10.8 Å². The highest BCUT2D eigenvalue weighted by Crippen LogP contribution is 2.17. The average Bonchev–Trinajstić information content (AvgIpc) is 1.96. The minimum Gasteiger partial charge on any atom is -0.369 e. The number of hydrogen-bond acceptors (Lipinski definition) is 2. The summed E-state index contributed by atoms with van der Waals surface area (Å²) >= 11 is 0. The van der Waals surface area contributed by atoms with Crippen molar-refractivity contribution >= 4 is 5.91 Å². The lowest BCUT2D eigenvalue weighted by Gasteiger charge is -2.23. The summed E-state index contributed by atoms with van der Waals surface area (Å²) < 4.78 is 0. The van der Waals surface area contributed by atoms with Gasteiger partial charge in [-0.25, -0.2) is 0 Å². The third-order valence-electron chi connectivity index (χ3n) is 2.29. The molecule has 0 saturated heterocycles. The Bertz CT molecular complexity index is 192. The fourth-order valence-electron chi connectivity index (χ4n) is 0.951. The first-order chi connectivity index (χ1) is 6.15. The molecule has 0 radical (unpaired) electrons. The molecule has 0 saturated carbocycles. The molecule has 0 rings (SSSR count). The molecule has 1 amide bonds. The van der Waals surface area contributed by atoms with Crippen molar-refractivity contribution in [3.8, 4) is 0 Å².